The van der Waals surface area contributed by atoms with Gasteiger partial charge < -0.3 is 10.5 Å². The lowest BCUT2D eigenvalue weighted by molar-refractivity contribution is 0.157. The predicted octanol–water partition coefficient (Wildman–Crippen LogP) is 3.51. The Kier molecular flexibility index (Phi) is 3.24. The molecule has 1 aromatic heterocycles. The van der Waals surface area contributed by atoms with Crippen LogP contribution in [-0.4, -0.2) is 4.98 Å². The van der Waals surface area contributed by atoms with E-state index < -0.39 is 0 Å². The molecule has 0 amide bonds. The lowest BCUT2D eigenvalue weighted by Crippen LogP contribution is -2.24. The largest absolute Gasteiger partial charge is 0.484 e. The SMILES string of the molecule is NC1CC(c2ccc(Br)cn2)Oc2ccc(F)cc21. The zero-order valence-electron chi connectivity index (χ0n) is 10.0. The van der Waals surface area contributed by atoms with Crippen LogP contribution in [0.5, 0.6) is 5.75 Å². The molecular weight excluding hydrogens is 311 g/mol. The first-order valence-electron chi connectivity index (χ1n) is 5.96. The van der Waals surface area contributed by atoms with E-state index in [-0.39, 0.29) is 18.0 Å². The molecule has 0 fully saturated rings. The van der Waals surface area contributed by atoms with Crippen molar-refractivity contribution < 1.29 is 9.13 Å². The summed E-state index contributed by atoms with van der Waals surface area (Å²) in [6.45, 7) is 0. The van der Waals surface area contributed by atoms with E-state index in [9.17, 15) is 4.39 Å². The third-order valence-corrected chi connectivity index (χ3v) is 3.66. The summed E-state index contributed by atoms with van der Waals surface area (Å²) in [6.07, 6.45) is 2.12. The van der Waals surface area contributed by atoms with Gasteiger partial charge in [0.1, 0.15) is 17.7 Å². The highest BCUT2D eigenvalue weighted by Gasteiger charge is 2.28. The van der Waals surface area contributed by atoms with Crippen LogP contribution in [0.4, 0.5) is 4.39 Å². The van der Waals surface area contributed by atoms with E-state index in [2.05, 4.69) is 20.9 Å². The molecule has 0 radical (unpaired) electrons. The summed E-state index contributed by atoms with van der Waals surface area (Å²) >= 11 is 3.35. The monoisotopic (exact) mass is 322 g/mol. The van der Waals surface area contributed by atoms with E-state index in [4.69, 9.17) is 10.5 Å². The van der Waals surface area contributed by atoms with Crippen molar-refractivity contribution in [3.8, 4) is 5.75 Å². The second-order valence-electron chi connectivity index (χ2n) is 4.53. The van der Waals surface area contributed by atoms with Crippen molar-refractivity contribution in [1.82, 2.24) is 4.98 Å². The van der Waals surface area contributed by atoms with Crippen molar-refractivity contribution >= 4 is 15.9 Å². The highest BCUT2D eigenvalue weighted by atomic mass is 79.9. The summed E-state index contributed by atoms with van der Waals surface area (Å²) in [4.78, 5) is 4.33. The van der Waals surface area contributed by atoms with Crippen molar-refractivity contribution in [2.75, 3.05) is 0 Å². The molecule has 2 N–H and O–H groups in total. The number of halogens is 2. The van der Waals surface area contributed by atoms with E-state index in [1.54, 1.807) is 12.3 Å². The number of hydrogen-bond donors (Lipinski definition) is 1. The molecule has 0 aliphatic carbocycles. The third-order valence-electron chi connectivity index (χ3n) is 3.19. The van der Waals surface area contributed by atoms with Gasteiger partial charge in [-0.05, 0) is 46.3 Å². The second kappa shape index (κ2) is 4.90. The standard InChI is InChI=1S/C14H12BrFN2O/c15-8-1-3-12(18-7-8)14-6-11(17)10-5-9(16)2-4-13(10)19-14/h1-5,7,11,14H,6,17H2. The van der Waals surface area contributed by atoms with Gasteiger partial charge in [-0.3, -0.25) is 4.98 Å². The lowest BCUT2D eigenvalue weighted by atomic mass is 9.95. The van der Waals surface area contributed by atoms with Crippen LogP contribution in [0, 0.1) is 5.82 Å². The summed E-state index contributed by atoms with van der Waals surface area (Å²) in [5.41, 5.74) is 7.63. The van der Waals surface area contributed by atoms with Crippen LogP contribution in [0.2, 0.25) is 0 Å². The predicted molar refractivity (Wildman–Crippen MR) is 73.3 cm³/mol. The number of fused-ring (bicyclic) bond motifs is 1. The molecule has 2 atom stereocenters. The van der Waals surface area contributed by atoms with Gasteiger partial charge >= 0.3 is 0 Å². The maximum absolute atomic E-state index is 13.2. The van der Waals surface area contributed by atoms with E-state index in [0.29, 0.717) is 17.7 Å². The van der Waals surface area contributed by atoms with E-state index in [1.807, 2.05) is 12.1 Å². The van der Waals surface area contributed by atoms with Crippen LogP contribution in [0.3, 0.4) is 0 Å². The highest BCUT2D eigenvalue weighted by Crippen LogP contribution is 2.39. The Balaban J connectivity index is 1.92. The van der Waals surface area contributed by atoms with Gasteiger partial charge in [0.05, 0.1) is 5.69 Å². The van der Waals surface area contributed by atoms with Crippen LogP contribution in [0.15, 0.2) is 41.0 Å². The van der Waals surface area contributed by atoms with Crippen LogP contribution in [0.1, 0.15) is 29.8 Å². The van der Waals surface area contributed by atoms with Crippen LogP contribution in [-0.2, 0) is 0 Å². The number of nitrogens with zero attached hydrogens (tertiary/aromatic N) is 1. The number of rotatable bonds is 1. The van der Waals surface area contributed by atoms with Crippen LogP contribution in [0.25, 0.3) is 0 Å². The molecule has 5 heteroatoms. The first-order chi connectivity index (χ1) is 9.13. The fourth-order valence-corrected chi connectivity index (χ4v) is 2.47. The van der Waals surface area contributed by atoms with Crippen LogP contribution >= 0.6 is 15.9 Å². The van der Waals surface area contributed by atoms with Crippen molar-refractivity contribution in [3.63, 3.8) is 0 Å². The van der Waals surface area contributed by atoms with Gasteiger partial charge in [-0.15, -0.1) is 0 Å². The Morgan fingerprint density at radius 2 is 2.16 bits per heavy atom. The molecule has 0 saturated carbocycles. The van der Waals surface area contributed by atoms with E-state index in [0.717, 1.165) is 10.2 Å². The van der Waals surface area contributed by atoms with Gasteiger partial charge in [0.25, 0.3) is 0 Å². The molecule has 1 aromatic carbocycles. The average Bonchev–Trinajstić information content (AvgIpc) is 2.40. The van der Waals surface area contributed by atoms with Gasteiger partial charge in [-0.2, -0.15) is 0 Å². The van der Waals surface area contributed by atoms with E-state index in [1.165, 1.54) is 12.1 Å². The molecular formula is C14H12BrFN2O. The van der Waals surface area contributed by atoms with Gasteiger partial charge in [-0.1, -0.05) is 0 Å². The summed E-state index contributed by atoms with van der Waals surface area (Å²) in [6, 6.07) is 8.01. The summed E-state index contributed by atoms with van der Waals surface area (Å²) in [5.74, 6) is 0.341. The lowest BCUT2D eigenvalue weighted by Gasteiger charge is -2.30. The number of ether oxygens (including phenoxy) is 1. The fourth-order valence-electron chi connectivity index (χ4n) is 2.23. The highest BCUT2D eigenvalue weighted by molar-refractivity contribution is 9.10. The zero-order chi connectivity index (χ0) is 13.4. The molecule has 19 heavy (non-hydrogen) atoms. The first kappa shape index (κ1) is 12.6. The molecule has 2 unspecified atom stereocenters. The molecule has 3 rings (SSSR count). The normalized spacial score (nSPS) is 21.6. The molecule has 98 valence electrons. The Labute approximate surface area is 118 Å². The minimum Gasteiger partial charge on any atom is -0.484 e. The molecule has 0 saturated heterocycles. The summed E-state index contributed by atoms with van der Waals surface area (Å²) in [7, 11) is 0. The average molecular weight is 323 g/mol. The zero-order valence-corrected chi connectivity index (χ0v) is 11.6. The third kappa shape index (κ3) is 2.48. The fraction of sp³-hybridized carbons (Fsp3) is 0.214. The van der Waals surface area contributed by atoms with Crippen molar-refractivity contribution in [2.24, 2.45) is 5.73 Å². The molecule has 3 nitrogen and oxygen atoms in total. The summed E-state index contributed by atoms with van der Waals surface area (Å²) in [5, 5.41) is 0. The minimum atomic E-state index is -0.294. The minimum absolute atomic E-state index is 0.193. The van der Waals surface area contributed by atoms with Crippen molar-refractivity contribution in [2.45, 2.75) is 18.6 Å². The quantitative estimate of drug-likeness (QED) is 0.874. The number of aromatic nitrogens is 1. The van der Waals surface area contributed by atoms with Gasteiger partial charge in [-0.25, -0.2) is 4.39 Å². The molecule has 0 bridgehead atoms. The molecule has 1 aliphatic rings. The number of pyridine rings is 1. The Morgan fingerprint density at radius 3 is 2.89 bits per heavy atom. The Bertz CT molecular complexity index is 603. The number of nitrogens with two attached hydrogens (primary N) is 1. The Hall–Kier alpha value is -1.46. The maximum Gasteiger partial charge on any atom is 0.142 e. The first-order valence-corrected chi connectivity index (χ1v) is 6.76. The van der Waals surface area contributed by atoms with Crippen molar-refractivity contribution in [1.29, 1.82) is 0 Å². The van der Waals surface area contributed by atoms with Gasteiger partial charge in [0, 0.05) is 28.7 Å². The number of hydrogen-bond acceptors (Lipinski definition) is 3. The second-order valence-corrected chi connectivity index (χ2v) is 5.45. The van der Waals surface area contributed by atoms with Crippen molar-refractivity contribution in [3.05, 3.63) is 58.1 Å². The molecule has 1 aliphatic heterocycles. The van der Waals surface area contributed by atoms with Gasteiger partial charge in [0.2, 0.25) is 0 Å². The molecule has 0 spiro atoms. The molecule has 2 aromatic rings. The molecule has 2 heterocycles. The smallest absolute Gasteiger partial charge is 0.142 e. The van der Waals surface area contributed by atoms with E-state index >= 15 is 0 Å². The topological polar surface area (TPSA) is 48.1 Å². The van der Waals surface area contributed by atoms with Gasteiger partial charge in [0.15, 0.2) is 0 Å². The Morgan fingerprint density at radius 1 is 1.32 bits per heavy atom. The maximum atomic E-state index is 13.2. The van der Waals surface area contributed by atoms with Crippen LogP contribution < -0.4 is 10.5 Å². The number of benzene rings is 1. The summed E-state index contributed by atoms with van der Waals surface area (Å²) < 4.78 is 20.0.